The second kappa shape index (κ2) is 7.47. The number of primary amides is 1. The summed E-state index contributed by atoms with van der Waals surface area (Å²) in [5.41, 5.74) is 7.55. The Hall–Kier alpha value is -2.76. The Labute approximate surface area is 158 Å². The van der Waals surface area contributed by atoms with Gasteiger partial charge in [0.25, 0.3) is 5.91 Å². The molecule has 27 heavy (non-hydrogen) atoms. The van der Waals surface area contributed by atoms with E-state index in [9.17, 15) is 9.59 Å². The zero-order valence-electron chi connectivity index (χ0n) is 15.3. The lowest BCUT2D eigenvalue weighted by molar-refractivity contribution is -0.122. The van der Waals surface area contributed by atoms with Crippen molar-refractivity contribution in [2.24, 2.45) is 11.7 Å². The predicted octanol–water partition coefficient (Wildman–Crippen LogP) is 2.79. The molecule has 0 bridgehead atoms. The summed E-state index contributed by atoms with van der Waals surface area (Å²) in [5.74, 6) is 1.31. The number of piperidine rings is 1. The lowest BCUT2D eigenvalue weighted by Crippen LogP contribution is -2.41. The summed E-state index contributed by atoms with van der Waals surface area (Å²) in [6, 6.07) is 11.7. The molecule has 1 aromatic heterocycles. The van der Waals surface area contributed by atoms with Gasteiger partial charge in [-0.3, -0.25) is 9.59 Å². The maximum atomic E-state index is 12.2. The smallest absolute Gasteiger partial charge is 0.287 e. The molecule has 1 aliphatic heterocycles. The molecule has 1 aliphatic carbocycles. The summed E-state index contributed by atoms with van der Waals surface area (Å²) < 4.78 is 5.63. The average Bonchev–Trinajstić information content (AvgIpc) is 3.43. The van der Waals surface area contributed by atoms with Crippen LogP contribution in [-0.4, -0.2) is 24.9 Å². The molecule has 1 saturated heterocycles. The van der Waals surface area contributed by atoms with Crippen LogP contribution in [0, 0.1) is 5.92 Å². The molecule has 2 fully saturated rings. The topological polar surface area (TPSA) is 88.6 Å². The third kappa shape index (κ3) is 4.15. The standard InChI is InChI=1S/C21H25N3O3/c22-20(25)16-2-1-11-24(13-16)17-7-3-14(4-8-17)12-23-21(26)19-10-9-18(27-19)15-5-6-15/h3-4,7-10,15-16H,1-2,5-6,11-13H2,(H2,22,25)(H,23,26). The molecule has 1 atom stereocenters. The van der Waals surface area contributed by atoms with Gasteiger partial charge in [-0.1, -0.05) is 12.1 Å². The van der Waals surface area contributed by atoms with Gasteiger partial charge in [0.2, 0.25) is 5.91 Å². The van der Waals surface area contributed by atoms with E-state index in [1.54, 1.807) is 6.07 Å². The molecule has 142 valence electrons. The molecule has 4 rings (SSSR count). The number of amides is 2. The number of carbonyl (C=O) groups excluding carboxylic acids is 2. The lowest BCUT2D eigenvalue weighted by atomic mass is 9.97. The number of rotatable bonds is 6. The van der Waals surface area contributed by atoms with E-state index in [1.807, 2.05) is 30.3 Å². The zero-order chi connectivity index (χ0) is 18.8. The van der Waals surface area contributed by atoms with Gasteiger partial charge in [-0.2, -0.15) is 0 Å². The van der Waals surface area contributed by atoms with Crippen molar-refractivity contribution < 1.29 is 14.0 Å². The van der Waals surface area contributed by atoms with E-state index in [-0.39, 0.29) is 17.7 Å². The normalized spacial score (nSPS) is 19.7. The molecule has 2 aromatic rings. The number of anilines is 1. The van der Waals surface area contributed by atoms with Crippen molar-refractivity contribution in [3.63, 3.8) is 0 Å². The van der Waals surface area contributed by atoms with Crippen molar-refractivity contribution in [3.05, 3.63) is 53.5 Å². The molecule has 0 radical (unpaired) electrons. The van der Waals surface area contributed by atoms with Crippen LogP contribution in [0.15, 0.2) is 40.8 Å². The SMILES string of the molecule is NC(=O)C1CCCN(c2ccc(CNC(=O)c3ccc(C4CC4)o3)cc2)C1. The molecule has 1 aromatic carbocycles. The van der Waals surface area contributed by atoms with Gasteiger partial charge < -0.3 is 20.4 Å². The fraction of sp³-hybridized carbons (Fsp3) is 0.429. The van der Waals surface area contributed by atoms with Crippen molar-refractivity contribution in [1.29, 1.82) is 0 Å². The van der Waals surface area contributed by atoms with Gasteiger partial charge in [0.05, 0.1) is 5.92 Å². The third-order valence-electron chi connectivity index (χ3n) is 5.41. The Morgan fingerprint density at radius 2 is 1.89 bits per heavy atom. The van der Waals surface area contributed by atoms with Gasteiger partial charge in [0, 0.05) is 31.2 Å². The first-order chi connectivity index (χ1) is 13.1. The van der Waals surface area contributed by atoms with Crippen LogP contribution >= 0.6 is 0 Å². The number of furan rings is 1. The Kier molecular flexibility index (Phi) is 4.88. The van der Waals surface area contributed by atoms with Crippen LogP contribution < -0.4 is 16.0 Å². The third-order valence-corrected chi connectivity index (χ3v) is 5.41. The van der Waals surface area contributed by atoms with E-state index >= 15 is 0 Å². The summed E-state index contributed by atoms with van der Waals surface area (Å²) in [6.45, 7) is 2.05. The van der Waals surface area contributed by atoms with Crippen LogP contribution in [0.4, 0.5) is 5.69 Å². The number of benzene rings is 1. The second-order valence-electron chi connectivity index (χ2n) is 7.51. The number of nitrogens with one attached hydrogen (secondary N) is 1. The van der Waals surface area contributed by atoms with E-state index in [0.29, 0.717) is 24.8 Å². The Balaban J connectivity index is 1.32. The molecule has 2 aliphatic rings. The Morgan fingerprint density at radius 3 is 2.59 bits per heavy atom. The Bertz CT molecular complexity index is 823. The number of nitrogens with zero attached hydrogens (tertiary/aromatic N) is 1. The van der Waals surface area contributed by atoms with E-state index in [1.165, 1.54) is 0 Å². The highest BCUT2D eigenvalue weighted by Crippen LogP contribution is 2.40. The number of hydrogen-bond acceptors (Lipinski definition) is 4. The largest absolute Gasteiger partial charge is 0.456 e. The first-order valence-corrected chi connectivity index (χ1v) is 9.61. The van der Waals surface area contributed by atoms with Gasteiger partial charge in [0.15, 0.2) is 5.76 Å². The molecular weight excluding hydrogens is 342 g/mol. The van der Waals surface area contributed by atoms with Crippen molar-refractivity contribution in [2.75, 3.05) is 18.0 Å². The van der Waals surface area contributed by atoms with Crippen LogP contribution in [0.2, 0.25) is 0 Å². The molecule has 1 saturated carbocycles. The fourth-order valence-corrected chi connectivity index (χ4v) is 3.60. The minimum atomic E-state index is -0.221. The van der Waals surface area contributed by atoms with Gasteiger partial charge in [0.1, 0.15) is 5.76 Å². The molecule has 0 spiro atoms. The predicted molar refractivity (Wildman–Crippen MR) is 102 cm³/mol. The molecule has 6 nitrogen and oxygen atoms in total. The monoisotopic (exact) mass is 367 g/mol. The molecule has 2 heterocycles. The summed E-state index contributed by atoms with van der Waals surface area (Å²) >= 11 is 0. The highest BCUT2D eigenvalue weighted by molar-refractivity contribution is 5.91. The number of carbonyl (C=O) groups is 2. The van der Waals surface area contributed by atoms with Crippen LogP contribution in [0.3, 0.4) is 0 Å². The fourth-order valence-electron chi connectivity index (χ4n) is 3.60. The quantitative estimate of drug-likeness (QED) is 0.822. The summed E-state index contributed by atoms with van der Waals surface area (Å²) in [5, 5.41) is 2.90. The van der Waals surface area contributed by atoms with E-state index in [0.717, 1.165) is 49.2 Å². The molecule has 6 heteroatoms. The minimum Gasteiger partial charge on any atom is -0.456 e. The molecular formula is C21H25N3O3. The Morgan fingerprint density at radius 1 is 1.11 bits per heavy atom. The highest BCUT2D eigenvalue weighted by atomic mass is 16.4. The zero-order valence-corrected chi connectivity index (χ0v) is 15.3. The maximum Gasteiger partial charge on any atom is 0.287 e. The number of hydrogen-bond donors (Lipinski definition) is 2. The first kappa shape index (κ1) is 17.6. The number of nitrogens with two attached hydrogens (primary N) is 1. The van der Waals surface area contributed by atoms with Gasteiger partial charge in [-0.25, -0.2) is 0 Å². The summed E-state index contributed by atoms with van der Waals surface area (Å²) in [6.07, 6.45) is 4.14. The van der Waals surface area contributed by atoms with Crippen LogP contribution in [-0.2, 0) is 11.3 Å². The molecule has 3 N–H and O–H groups in total. The van der Waals surface area contributed by atoms with E-state index in [4.69, 9.17) is 10.2 Å². The minimum absolute atomic E-state index is 0.0773. The van der Waals surface area contributed by atoms with Gasteiger partial charge >= 0.3 is 0 Å². The van der Waals surface area contributed by atoms with Crippen LogP contribution in [0.25, 0.3) is 0 Å². The molecule has 2 amide bonds. The van der Waals surface area contributed by atoms with E-state index in [2.05, 4.69) is 10.2 Å². The average molecular weight is 367 g/mol. The van der Waals surface area contributed by atoms with Crippen molar-refractivity contribution in [2.45, 2.75) is 38.1 Å². The van der Waals surface area contributed by atoms with Crippen molar-refractivity contribution >= 4 is 17.5 Å². The summed E-state index contributed by atoms with van der Waals surface area (Å²) in [4.78, 5) is 25.9. The molecule has 1 unspecified atom stereocenters. The van der Waals surface area contributed by atoms with Crippen molar-refractivity contribution in [1.82, 2.24) is 5.32 Å². The lowest BCUT2D eigenvalue weighted by Gasteiger charge is -2.33. The van der Waals surface area contributed by atoms with Crippen LogP contribution in [0.5, 0.6) is 0 Å². The van der Waals surface area contributed by atoms with Gasteiger partial charge in [-0.15, -0.1) is 0 Å². The highest BCUT2D eigenvalue weighted by Gasteiger charge is 2.27. The summed E-state index contributed by atoms with van der Waals surface area (Å²) in [7, 11) is 0. The maximum absolute atomic E-state index is 12.2. The first-order valence-electron chi connectivity index (χ1n) is 9.61. The second-order valence-corrected chi connectivity index (χ2v) is 7.51. The van der Waals surface area contributed by atoms with Gasteiger partial charge in [-0.05, 0) is 55.5 Å². The van der Waals surface area contributed by atoms with Crippen LogP contribution in [0.1, 0.15) is 53.5 Å². The van der Waals surface area contributed by atoms with E-state index < -0.39 is 0 Å². The van der Waals surface area contributed by atoms with Crippen molar-refractivity contribution in [3.8, 4) is 0 Å².